The summed E-state index contributed by atoms with van der Waals surface area (Å²) >= 11 is 0. The van der Waals surface area contributed by atoms with E-state index in [2.05, 4.69) is 83.3 Å². The highest BCUT2D eigenvalue weighted by Crippen LogP contribution is 2.50. The van der Waals surface area contributed by atoms with Gasteiger partial charge in [-0.1, -0.05) is 77.7 Å². The molecular formula is C25H38NO2P. The maximum atomic E-state index is 5.99. The maximum Gasteiger partial charge on any atom is 0.188 e. The lowest BCUT2D eigenvalue weighted by molar-refractivity contribution is 0.0499. The van der Waals surface area contributed by atoms with Gasteiger partial charge in [-0.05, 0) is 43.6 Å². The molecule has 4 heteroatoms. The molecule has 29 heavy (non-hydrogen) atoms. The van der Waals surface area contributed by atoms with Gasteiger partial charge in [-0.15, -0.1) is 0 Å². The Morgan fingerprint density at radius 1 is 1.00 bits per heavy atom. The van der Waals surface area contributed by atoms with E-state index in [9.17, 15) is 0 Å². The zero-order valence-corrected chi connectivity index (χ0v) is 20.2. The van der Waals surface area contributed by atoms with E-state index < -0.39 is 0 Å². The number of hydrogen-bond acceptors (Lipinski definition) is 3. The van der Waals surface area contributed by atoms with E-state index >= 15 is 0 Å². The zero-order chi connectivity index (χ0) is 21.4. The number of benzene rings is 2. The van der Waals surface area contributed by atoms with E-state index in [0.29, 0.717) is 14.6 Å². The van der Waals surface area contributed by atoms with Crippen molar-refractivity contribution in [1.82, 2.24) is 5.32 Å². The van der Waals surface area contributed by atoms with Crippen molar-refractivity contribution < 1.29 is 9.47 Å². The summed E-state index contributed by atoms with van der Waals surface area (Å²) in [6, 6.07) is 13.9. The van der Waals surface area contributed by atoms with Gasteiger partial charge in [0.1, 0.15) is 5.75 Å². The summed E-state index contributed by atoms with van der Waals surface area (Å²) in [5, 5.41) is 5.11. The predicted molar refractivity (Wildman–Crippen MR) is 127 cm³/mol. The predicted octanol–water partition coefficient (Wildman–Crippen LogP) is 5.80. The highest BCUT2D eigenvalue weighted by atomic mass is 31.1. The highest BCUT2D eigenvalue weighted by Gasteiger charge is 2.33. The third-order valence-corrected chi connectivity index (χ3v) is 7.74. The lowest BCUT2D eigenvalue weighted by Gasteiger charge is -2.35. The van der Waals surface area contributed by atoms with Crippen LogP contribution < -0.4 is 15.4 Å². The van der Waals surface area contributed by atoms with Crippen molar-refractivity contribution in [2.75, 3.05) is 13.9 Å². The van der Waals surface area contributed by atoms with Crippen LogP contribution in [0.4, 0.5) is 0 Å². The molecule has 0 aliphatic carbocycles. The Kier molecular flexibility index (Phi) is 9.14. The first-order chi connectivity index (χ1) is 13.8. The third-order valence-electron chi connectivity index (χ3n) is 5.53. The molecule has 0 aromatic heterocycles. The number of methoxy groups -OCH3 is 1. The van der Waals surface area contributed by atoms with Gasteiger partial charge in [0.25, 0.3) is 0 Å². The molecule has 160 valence electrons. The molecule has 0 aliphatic heterocycles. The van der Waals surface area contributed by atoms with Gasteiger partial charge in [0.05, 0.1) is 0 Å². The fourth-order valence-electron chi connectivity index (χ4n) is 3.70. The molecule has 0 heterocycles. The molecule has 1 N–H and O–H groups in total. The molecule has 2 aromatic rings. The molecule has 1 unspecified atom stereocenters. The molecule has 0 fully saturated rings. The molecule has 0 saturated carbocycles. The number of rotatable bonds is 11. The number of hydrogen-bond donors (Lipinski definition) is 1. The van der Waals surface area contributed by atoms with Gasteiger partial charge in [-0.2, -0.15) is 0 Å². The standard InChI is InChI=1S/C25H38NO2P/c1-8-25(9-2,22-15-20(6)10-12-23(22)28-17-27-7)29-24-13-11-19(5)14-21(24)16-26-18(3)4/h10-15,18,26,29H,8-9,16-17H2,1-7H3. The van der Waals surface area contributed by atoms with Gasteiger partial charge < -0.3 is 14.8 Å². The summed E-state index contributed by atoms with van der Waals surface area (Å²) in [4.78, 5) is 0. The Labute approximate surface area is 179 Å². The van der Waals surface area contributed by atoms with Crippen molar-refractivity contribution in [3.8, 4) is 5.75 Å². The van der Waals surface area contributed by atoms with E-state index in [0.717, 1.165) is 25.1 Å². The fraction of sp³-hybridized carbons (Fsp3) is 0.520. The molecule has 2 aromatic carbocycles. The summed E-state index contributed by atoms with van der Waals surface area (Å²) < 4.78 is 11.2. The molecule has 2 rings (SSSR count). The second-order valence-corrected chi connectivity index (χ2v) is 9.91. The summed E-state index contributed by atoms with van der Waals surface area (Å²) in [7, 11) is 2.35. The molecule has 0 aliphatic rings. The van der Waals surface area contributed by atoms with Crippen LogP contribution in [0.5, 0.6) is 5.75 Å². The van der Waals surface area contributed by atoms with Crippen LogP contribution in [0.15, 0.2) is 36.4 Å². The second kappa shape index (κ2) is 11.1. The maximum absolute atomic E-state index is 5.99. The summed E-state index contributed by atoms with van der Waals surface area (Å²) in [5.74, 6) is 0.947. The van der Waals surface area contributed by atoms with Crippen molar-refractivity contribution in [1.29, 1.82) is 0 Å². The molecule has 1 atom stereocenters. The van der Waals surface area contributed by atoms with Crippen LogP contribution in [0.3, 0.4) is 0 Å². The molecule has 0 saturated heterocycles. The quantitative estimate of drug-likeness (QED) is 0.371. The molecule has 0 spiro atoms. The zero-order valence-electron chi connectivity index (χ0n) is 19.2. The van der Waals surface area contributed by atoms with Gasteiger partial charge in [0, 0.05) is 30.4 Å². The fourth-order valence-corrected chi connectivity index (χ4v) is 5.39. The van der Waals surface area contributed by atoms with E-state index in [-0.39, 0.29) is 11.9 Å². The van der Waals surface area contributed by atoms with Gasteiger partial charge in [0.2, 0.25) is 0 Å². The monoisotopic (exact) mass is 415 g/mol. The van der Waals surface area contributed by atoms with Crippen LogP contribution in [0, 0.1) is 13.8 Å². The Balaban J connectivity index is 2.48. The first-order valence-corrected chi connectivity index (χ1v) is 11.7. The molecule has 0 radical (unpaired) electrons. The lowest BCUT2D eigenvalue weighted by Crippen LogP contribution is -2.27. The number of nitrogens with one attached hydrogen (secondary N) is 1. The van der Waals surface area contributed by atoms with Crippen LogP contribution in [-0.4, -0.2) is 19.9 Å². The number of aryl methyl sites for hydroxylation is 2. The highest BCUT2D eigenvalue weighted by molar-refractivity contribution is 7.48. The van der Waals surface area contributed by atoms with Crippen LogP contribution in [0.25, 0.3) is 0 Å². The summed E-state index contributed by atoms with van der Waals surface area (Å²) in [6.07, 6.45) is 2.14. The molecule has 0 bridgehead atoms. The largest absolute Gasteiger partial charge is 0.467 e. The van der Waals surface area contributed by atoms with E-state index in [1.165, 1.54) is 27.6 Å². The van der Waals surface area contributed by atoms with Gasteiger partial charge in [-0.3, -0.25) is 0 Å². The van der Waals surface area contributed by atoms with E-state index in [4.69, 9.17) is 9.47 Å². The lowest BCUT2D eigenvalue weighted by atomic mass is 9.90. The average molecular weight is 416 g/mol. The first kappa shape index (κ1) is 23.9. The minimum Gasteiger partial charge on any atom is -0.467 e. The van der Waals surface area contributed by atoms with Crippen molar-refractivity contribution in [3.63, 3.8) is 0 Å². The van der Waals surface area contributed by atoms with Crippen molar-refractivity contribution >= 4 is 13.9 Å². The summed E-state index contributed by atoms with van der Waals surface area (Å²) in [5.41, 5.74) is 5.31. The smallest absolute Gasteiger partial charge is 0.188 e. The van der Waals surface area contributed by atoms with Crippen molar-refractivity contribution in [3.05, 3.63) is 58.7 Å². The first-order valence-electron chi connectivity index (χ1n) is 10.7. The van der Waals surface area contributed by atoms with Crippen LogP contribution in [0.2, 0.25) is 0 Å². The van der Waals surface area contributed by atoms with Crippen molar-refractivity contribution in [2.45, 2.75) is 72.1 Å². The Hall–Kier alpha value is -1.41. The second-order valence-electron chi connectivity index (χ2n) is 8.16. The molecular weight excluding hydrogens is 377 g/mol. The Bertz CT molecular complexity index is 784. The van der Waals surface area contributed by atoms with E-state index in [1.807, 2.05) is 0 Å². The van der Waals surface area contributed by atoms with Crippen molar-refractivity contribution in [2.24, 2.45) is 0 Å². The summed E-state index contributed by atoms with van der Waals surface area (Å²) in [6.45, 7) is 14.5. The van der Waals surface area contributed by atoms with Crippen LogP contribution >= 0.6 is 8.58 Å². The average Bonchev–Trinajstić information content (AvgIpc) is 2.71. The van der Waals surface area contributed by atoms with Gasteiger partial charge >= 0.3 is 0 Å². The van der Waals surface area contributed by atoms with Gasteiger partial charge in [-0.25, -0.2) is 0 Å². The molecule has 0 amide bonds. The SMILES string of the molecule is CCC(CC)(Pc1ccc(C)cc1CNC(C)C)c1cc(C)ccc1OCOC. The van der Waals surface area contributed by atoms with Gasteiger partial charge in [0.15, 0.2) is 6.79 Å². The molecule has 3 nitrogen and oxygen atoms in total. The third kappa shape index (κ3) is 6.28. The number of ether oxygens (including phenoxy) is 2. The van der Waals surface area contributed by atoms with Crippen LogP contribution in [-0.2, 0) is 16.4 Å². The Morgan fingerprint density at radius 3 is 2.28 bits per heavy atom. The normalized spacial score (nSPS) is 12.3. The van der Waals surface area contributed by atoms with E-state index in [1.54, 1.807) is 7.11 Å². The minimum absolute atomic E-state index is 0.0525. The topological polar surface area (TPSA) is 30.5 Å². The van der Waals surface area contributed by atoms with Crippen LogP contribution in [0.1, 0.15) is 62.8 Å². The minimum atomic E-state index is 0.0525. The Morgan fingerprint density at radius 2 is 1.66 bits per heavy atom.